The van der Waals surface area contributed by atoms with Crippen LogP contribution in [-0.2, 0) is 16.6 Å². The van der Waals surface area contributed by atoms with E-state index in [4.69, 9.17) is 4.74 Å². The maximum atomic E-state index is 12.4. The predicted octanol–water partition coefficient (Wildman–Crippen LogP) is 1.49. The van der Waals surface area contributed by atoms with E-state index in [0.29, 0.717) is 23.3 Å². The molecular weight excluding hydrogens is 368 g/mol. The quantitative estimate of drug-likeness (QED) is 0.772. The minimum absolute atomic E-state index is 0.0600. The highest BCUT2D eigenvalue weighted by molar-refractivity contribution is 7.89. The molecule has 2 N–H and O–H groups in total. The van der Waals surface area contributed by atoms with Gasteiger partial charge in [0.2, 0.25) is 16.0 Å². The number of methoxy groups -OCH3 is 1. The number of nitrogens with one attached hydrogen (secondary N) is 2. The van der Waals surface area contributed by atoms with Crippen molar-refractivity contribution in [3.8, 4) is 5.75 Å². The molecule has 8 nitrogen and oxygen atoms in total. The number of rotatable bonds is 6. The summed E-state index contributed by atoms with van der Waals surface area (Å²) in [5.74, 6) is 1.73. The van der Waals surface area contributed by atoms with Gasteiger partial charge in [0.15, 0.2) is 0 Å². The monoisotopic (exact) mass is 392 g/mol. The van der Waals surface area contributed by atoms with E-state index >= 15 is 0 Å². The van der Waals surface area contributed by atoms with Crippen molar-refractivity contribution in [1.82, 2.24) is 14.7 Å². The van der Waals surface area contributed by atoms with E-state index in [1.807, 2.05) is 4.90 Å². The second kappa shape index (κ2) is 8.10. The molecular formula is C18H24N4O4S. The molecule has 0 radical (unpaired) electrons. The Bertz CT molecular complexity index is 933. The van der Waals surface area contributed by atoms with Gasteiger partial charge in [0.1, 0.15) is 5.75 Å². The standard InChI is InChI=1S/C18H24N4O4S/c1-13-7-9-22(10-8-13)18-20-14(11-17(23)21-18)12-19-27(24,25)16-5-3-15(26-2)4-6-16/h3-6,11,13,19H,7-10,12H2,1-2H3,(H,20,21,23). The molecule has 146 valence electrons. The van der Waals surface area contributed by atoms with Crippen LogP contribution < -0.4 is 19.9 Å². The maximum absolute atomic E-state index is 12.4. The minimum Gasteiger partial charge on any atom is -0.497 e. The van der Waals surface area contributed by atoms with E-state index in [9.17, 15) is 13.2 Å². The maximum Gasteiger partial charge on any atom is 0.252 e. The van der Waals surface area contributed by atoms with Crippen molar-refractivity contribution >= 4 is 16.0 Å². The molecule has 27 heavy (non-hydrogen) atoms. The Morgan fingerprint density at radius 2 is 1.93 bits per heavy atom. The third kappa shape index (κ3) is 4.86. The normalized spacial score (nSPS) is 15.7. The molecule has 0 bridgehead atoms. The van der Waals surface area contributed by atoms with E-state index in [1.54, 1.807) is 12.1 Å². The van der Waals surface area contributed by atoms with Crippen molar-refractivity contribution in [2.24, 2.45) is 5.92 Å². The number of sulfonamides is 1. The number of H-pyrrole nitrogens is 1. The lowest BCUT2D eigenvalue weighted by molar-refractivity contribution is 0.414. The van der Waals surface area contributed by atoms with Gasteiger partial charge in [0.05, 0.1) is 24.2 Å². The first-order valence-corrected chi connectivity index (χ1v) is 10.3. The van der Waals surface area contributed by atoms with Gasteiger partial charge >= 0.3 is 0 Å². The molecule has 0 spiro atoms. The van der Waals surface area contributed by atoms with Gasteiger partial charge in [-0.2, -0.15) is 0 Å². The lowest BCUT2D eigenvalue weighted by atomic mass is 10.00. The molecule has 0 saturated carbocycles. The van der Waals surface area contributed by atoms with Crippen LogP contribution in [0.15, 0.2) is 40.0 Å². The number of piperidine rings is 1. The predicted molar refractivity (Wildman–Crippen MR) is 102 cm³/mol. The van der Waals surface area contributed by atoms with Crippen molar-refractivity contribution in [3.63, 3.8) is 0 Å². The van der Waals surface area contributed by atoms with Crippen LogP contribution >= 0.6 is 0 Å². The molecule has 9 heteroatoms. The number of hydrogen-bond acceptors (Lipinski definition) is 6. The molecule has 0 amide bonds. The number of ether oxygens (including phenoxy) is 1. The summed E-state index contributed by atoms with van der Waals surface area (Å²) in [5, 5.41) is 0. The number of aromatic nitrogens is 2. The third-order valence-corrected chi connectivity index (χ3v) is 6.10. The summed E-state index contributed by atoms with van der Waals surface area (Å²) in [7, 11) is -2.20. The first kappa shape index (κ1) is 19.4. The lowest BCUT2D eigenvalue weighted by Crippen LogP contribution is -2.35. The topological polar surface area (TPSA) is 104 Å². The highest BCUT2D eigenvalue weighted by Gasteiger charge is 2.19. The summed E-state index contributed by atoms with van der Waals surface area (Å²) >= 11 is 0. The molecule has 0 atom stereocenters. The van der Waals surface area contributed by atoms with Gasteiger partial charge in [0, 0.05) is 19.2 Å². The van der Waals surface area contributed by atoms with Gasteiger partial charge in [-0.1, -0.05) is 6.92 Å². The van der Waals surface area contributed by atoms with Gasteiger partial charge in [-0.15, -0.1) is 0 Å². The van der Waals surface area contributed by atoms with Gasteiger partial charge in [0.25, 0.3) is 5.56 Å². The average molecular weight is 392 g/mol. The molecule has 3 rings (SSSR count). The smallest absolute Gasteiger partial charge is 0.252 e. The summed E-state index contributed by atoms with van der Waals surface area (Å²) in [6, 6.07) is 7.40. The van der Waals surface area contributed by atoms with E-state index in [0.717, 1.165) is 25.9 Å². The SMILES string of the molecule is COc1ccc(S(=O)(=O)NCc2cc(=O)[nH]c(N3CCC(C)CC3)n2)cc1. The van der Waals surface area contributed by atoms with Crippen molar-refractivity contribution in [3.05, 3.63) is 46.4 Å². The van der Waals surface area contributed by atoms with Crippen LogP contribution in [0.3, 0.4) is 0 Å². The Morgan fingerprint density at radius 1 is 1.26 bits per heavy atom. The highest BCUT2D eigenvalue weighted by Crippen LogP contribution is 2.19. The third-order valence-electron chi connectivity index (χ3n) is 4.68. The molecule has 1 saturated heterocycles. The van der Waals surface area contributed by atoms with Crippen molar-refractivity contribution in [1.29, 1.82) is 0 Å². The van der Waals surface area contributed by atoms with Crippen LogP contribution in [0.2, 0.25) is 0 Å². The average Bonchev–Trinajstić information content (AvgIpc) is 2.67. The van der Waals surface area contributed by atoms with E-state index < -0.39 is 10.0 Å². The Morgan fingerprint density at radius 3 is 2.56 bits per heavy atom. The largest absolute Gasteiger partial charge is 0.497 e. The van der Waals surface area contributed by atoms with Crippen LogP contribution in [0, 0.1) is 5.92 Å². The van der Waals surface area contributed by atoms with E-state index in [1.165, 1.54) is 25.3 Å². The fourth-order valence-electron chi connectivity index (χ4n) is 2.96. The van der Waals surface area contributed by atoms with Crippen molar-refractivity contribution in [2.75, 3.05) is 25.1 Å². The van der Waals surface area contributed by atoms with Crippen LogP contribution in [0.1, 0.15) is 25.5 Å². The van der Waals surface area contributed by atoms with Crippen LogP contribution in [-0.4, -0.2) is 38.6 Å². The number of aromatic amines is 1. The van der Waals surface area contributed by atoms with Crippen molar-refractivity contribution in [2.45, 2.75) is 31.2 Å². The Kier molecular flexibility index (Phi) is 5.81. The van der Waals surface area contributed by atoms with Crippen LogP contribution in [0.4, 0.5) is 5.95 Å². The molecule has 2 aromatic rings. The van der Waals surface area contributed by atoms with Gasteiger partial charge in [-0.3, -0.25) is 9.78 Å². The highest BCUT2D eigenvalue weighted by atomic mass is 32.2. The molecule has 1 aliphatic rings. The number of anilines is 1. The fraction of sp³-hybridized carbons (Fsp3) is 0.444. The molecule has 1 fully saturated rings. The molecule has 1 aliphatic heterocycles. The molecule has 0 unspecified atom stereocenters. The van der Waals surface area contributed by atoms with Crippen LogP contribution in [0.5, 0.6) is 5.75 Å². The second-order valence-electron chi connectivity index (χ2n) is 6.73. The van der Waals surface area contributed by atoms with E-state index in [2.05, 4.69) is 21.6 Å². The zero-order chi connectivity index (χ0) is 19.4. The Hall–Kier alpha value is -2.39. The first-order chi connectivity index (χ1) is 12.9. The molecule has 0 aliphatic carbocycles. The molecule has 2 heterocycles. The second-order valence-corrected chi connectivity index (χ2v) is 8.50. The Balaban J connectivity index is 1.72. The van der Waals surface area contributed by atoms with E-state index in [-0.39, 0.29) is 17.0 Å². The summed E-state index contributed by atoms with van der Waals surface area (Å²) in [6.07, 6.45) is 2.08. The lowest BCUT2D eigenvalue weighted by Gasteiger charge is -2.30. The fourth-order valence-corrected chi connectivity index (χ4v) is 3.96. The zero-order valence-electron chi connectivity index (χ0n) is 15.4. The first-order valence-electron chi connectivity index (χ1n) is 8.86. The van der Waals surface area contributed by atoms with Gasteiger partial charge < -0.3 is 9.64 Å². The summed E-state index contributed by atoms with van der Waals surface area (Å²) in [6.45, 7) is 3.80. The Labute approximate surface area is 158 Å². The van der Waals surface area contributed by atoms with Gasteiger partial charge in [-0.25, -0.2) is 18.1 Å². The van der Waals surface area contributed by atoms with Crippen LogP contribution in [0.25, 0.3) is 0 Å². The van der Waals surface area contributed by atoms with Gasteiger partial charge in [-0.05, 0) is 43.0 Å². The number of benzene rings is 1. The molecule has 1 aromatic heterocycles. The van der Waals surface area contributed by atoms with Crippen molar-refractivity contribution < 1.29 is 13.2 Å². The minimum atomic E-state index is -3.71. The zero-order valence-corrected chi connectivity index (χ0v) is 16.3. The molecule has 1 aromatic carbocycles. The summed E-state index contributed by atoms with van der Waals surface area (Å²) < 4.78 is 32.4. The summed E-state index contributed by atoms with van der Waals surface area (Å²) in [5.41, 5.74) is 0.0849. The number of hydrogen-bond donors (Lipinski definition) is 2. The summed E-state index contributed by atoms with van der Waals surface area (Å²) in [4.78, 5) is 21.3. The number of nitrogens with zero attached hydrogens (tertiary/aromatic N) is 2.